The maximum absolute atomic E-state index is 10.8. The maximum Gasteiger partial charge on any atom is 0.433 e. The first-order valence-electron chi connectivity index (χ1n) is 5.47. The molecule has 0 radical (unpaired) electrons. The Bertz CT molecular complexity index is 779. The molecule has 1 aromatic heterocycles. The van der Waals surface area contributed by atoms with Crippen LogP contribution in [0.5, 0.6) is 0 Å². The van der Waals surface area contributed by atoms with Crippen LogP contribution in [-0.2, 0) is 10.1 Å². The number of benzene rings is 1. The second-order valence-corrected chi connectivity index (χ2v) is 5.22. The van der Waals surface area contributed by atoms with Crippen molar-refractivity contribution in [3.63, 3.8) is 0 Å². The van der Waals surface area contributed by atoms with Gasteiger partial charge < -0.3 is 4.42 Å². The molecule has 2 N–H and O–H groups in total. The van der Waals surface area contributed by atoms with E-state index < -0.39 is 20.9 Å². The number of anilines is 1. The Labute approximate surface area is 118 Å². The SMILES string of the molecule is O=[N+]([O-])c1ccc(/C=N/Nc2ccc(S(=O)(=O)O)cc2)o1. The van der Waals surface area contributed by atoms with Gasteiger partial charge in [0.2, 0.25) is 0 Å². The standard InChI is InChI=1S/C11H9N3O6S/c15-14(16)11-6-3-9(20-11)7-12-13-8-1-4-10(5-2-8)21(17,18)19/h1-7,13H,(H,17,18,19)/b12-7+. The normalized spacial score (nSPS) is 11.7. The Balaban J connectivity index is 2.02. The van der Waals surface area contributed by atoms with E-state index in [0.717, 1.165) is 0 Å². The zero-order valence-corrected chi connectivity index (χ0v) is 11.1. The first kappa shape index (κ1) is 14.7. The van der Waals surface area contributed by atoms with Crippen LogP contribution >= 0.6 is 0 Å². The molecule has 0 fully saturated rings. The molecule has 0 aliphatic carbocycles. The van der Waals surface area contributed by atoms with Crippen molar-refractivity contribution in [2.45, 2.75) is 4.90 Å². The fraction of sp³-hybridized carbons (Fsp3) is 0. The largest absolute Gasteiger partial charge is 0.433 e. The quantitative estimate of drug-likeness (QED) is 0.372. The van der Waals surface area contributed by atoms with Gasteiger partial charge >= 0.3 is 5.88 Å². The molecular weight excluding hydrogens is 302 g/mol. The molecule has 110 valence electrons. The first-order chi connectivity index (χ1) is 9.86. The van der Waals surface area contributed by atoms with Gasteiger partial charge in [-0.2, -0.15) is 13.5 Å². The minimum absolute atomic E-state index is 0.184. The van der Waals surface area contributed by atoms with Crippen molar-refractivity contribution in [2.75, 3.05) is 5.43 Å². The van der Waals surface area contributed by atoms with E-state index in [4.69, 9.17) is 8.97 Å². The molecule has 1 aromatic carbocycles. The summed E-state index contributed by atoms with van der Waals surface area (Å²) >= 11 is 0. The van der Waals surface area contributed by atoms with E-state index in [2.05, 4.69) is 10.5 Å². The lowest BCUT2D eigenvalue weighted by molar-refractivity contribution is -0.402. The van der Waals surface area contributed by atoms with Gasteiger partial charge in [-0.1, -0.05) is 0 Å². The highest BCUT2D eigenvalue weighted by molar-refractivity contribution is 7.85. The highest BCUT2D eigenvalue weighted by Crippen LogP contribution is 2.15. The summed E-state index contributed by atoms with van der Waals surface area (Å²) in [6.07, 6.45) is 1.23. The summed E-state index contributed by atoms with van der Waals surface area (Å²) in [5.41, 5.74) is 3.03. The van der Waals surface area contributed by atoms with Crippen molar-refractivity contribution in [2.24, 2.45) is 5.10 Å². The highest BCUT2D eigenvalue weighted by atomic mass is 32.2. The molecule has 0 bridgehead atoms. The molecule has 10 heteroatoms. The summed E-state index contributed by atoms with van der Waals surface area (Å²) in [5, 5.41) is 14.2. The van der Waals surface area contributed by atoms with Crippen molar-refractivity contribution in [1.29, 1.82) is 0 Å². The van der Waals surface area contributed by atoms with Crippen LogP contribution in [0.15, 0.2) is 50.8 Å². The Kier molecular flexibility index (Phi) is 4.00. The molecule has 21 heavy (non-hydrogen) atoms. The Morgan fingerprint density at radius 2 is 1.90 bits per heavy atom. The van der Waals surface area contributed by atoms with Crippen molar-refractivity contribution < 1.29 is 22.3 Å². The van der Waals surface area contributed by atoms with E-state index in [9.17, 15) is 18.5 Å². The predicted octanol–water partition coefficient (Wildman–Crippen LogP) is 1.88. The van der Waals surface area contributed by atoms with Crippen LogP contribution in [0.25, 0.3) is 0 Å². The predicted molar refractivity (Wildman–Crippen MR) is 72.8 cm³/mol. The number of hydrogen-bond donors (Lipinski definition) is 2. The molecule has 9 nitrogen and oxygen atoms in total. The number of rotatable bonds is 5. The molecule has 2 rings (SSSR count). The van der Waals surface area contributed by atoms with Crippen molar-refractivity contribution in [3.8, 4) is 0 Å². The minimum atomic E-state index is -4.23. The van der Waals surface area contributed by atoms with Gasteiger partial charge in [-0.05, 0) is 30.3 Å². The van der Waals surface area contributed by atoms with Crippen molar-refractivity contribution >= 4 is 27.9 Å². The van der Waals surface area contributed by atoms with Crippen LogP contribution in [0.2, 0.25) is 0 Å². The van der Waals surface area contributed by atoms with Gasteiger partial charge in [0.1, 0.15) is 4.92 Å². The van der Waals surface area contributed by atoms with E-state index in [-0.39, 0.29) is 10.7 Å². The first-order valence-corrected chi connectivity index (χ1v) is 6.91. The topological polar surface area (TPSA) is 135 Å². The zero-order valence-electron chi connectivity index (χ0n) is 10.3. The molecule has 0 aliphatic heterocycles. The summed E-state index contributed by atoms with van der Waals surface area (Å²) in [4.78, 5) is 9.50. The van der Waals surface area contributed by atoms with Gasteiger partial charge in [0.15, 0.2) is 5.76 Å². The lowest BCUT2D eigenvalue weighted by atomic mass is 10.3. The molecule has 0 aliphatic rings. The van der Waals surface area contributed by atoms with Crippen LogP contribution in [0.4, 0.5) is 11.6 Å². The molecular formula is C11H9N3O6S. The fourth-order valence-electron chi connectivity index (χ4n) is 1.38. The van der Waals surface area contributed by atoms with Crippen LogP contribution in [0.1, 0.15) is 5.76 Å². The van der Waals surface area contributed by atoms with E-state index in [1.54, 1.807) is 0 Å². The van der Waals surface area contributed by atoms with E-state index in [1.807, 2.05) is 0 Å². The molecule has 0 amide bonds. The van der Waals surface area contributed by atoms with Gasteiger partial charge in [-0.3, -0.25) is 20.1 Å². The molecule has 0 atom stereocenters. The zero-order chi connectivity index (χ0) is 15.5. The lowest BCUT2D eigenvalue weighted by Gasteiger charge is -2.00. The maximum atomic E-state index is 10.8. The highest BCUT2D eigenvalue weighted by Gasteiger charge is 2.10. The number of nitro groups is 1. The third kappa shape index (κ3) is 3.87. The summed E-state index contributed by atoms with van der Waals surface area (Å²) in [6.45, 7) is 0. The summed E-state index contributed by atoms with van der Waals surface area (Å²) in [7, 11) is -4.23. The molecule has 0 unspecified atom stereocenters. The van der Waals surface area contributed by atoms with Gasteiger partial charge in [0.25, 0.3) is 10.1 Å². The van der Waals surface area contributed by atoms with Crippen LogP contribution < -0.4 is 5.43 Å². The summed E-state index contributed by atoms with van der Waals surface area (Å²) in [5.74, 6) is -0.210. The van der Waals surface area contributed by atoms with Gasteiger partial charge in [0, 0.05) is 0 Å². The summed E-state index contributed by atoms with van der Waals surface area (Å²) < 4.78 is 35.3. The Hall–Kier alpha value is -2.72. The molecule has 2 aromatic rings. The third-order valence-corrected chi connectivity index (χ3v) is 3.20. The number of nitrogens with zero attached hydrogens (tertiary/aromatic N) is 2. The second kappa shape index (κ2) is 5.73. The number of nitrogens with one attached hydrogen (secondary N) is 1. The van der Waals surface area contributed by atoms with E-state index in [0.29, 0.717) is 5.69 Å². The smallest absolute Gasteiger partial charge is 0.400 e. The average Bonchev–Trinajstić information content (AvgIpc) is 2.87. The van der Waals surface area contributed by atoms with Gasteiger partial charge in [-0.15, -0.1) is 0 Å². The number of hydrogen-bond acceptors (Lipinski definition) is 7. The second-order valence-electron chi connectivity index (χ2n) is 3.80. The molecule has 0 spiro atoms. The fourth-order valence-corrected chi connectivity index (χ4v) is 1.86. The molecule has 0 saturated heterocycles. The van der Waals surface area contributed by atoms with Gasteiger partial charge in [0.05, 0.1) is 22.9 Å². The van der Waals surface area contributed by atoms with E-state index in [1.165, 1.54) is 42.6 Å². The minimum Gasteiger partial charge on any atom is -0.400 e. The van der Waals surface area contributed by atoms with E-state index >= 15 is 0 Å². The van der Waals surface area contributed by atoms with Crippen molar-refractivity contribution in [1.82, 2.24) is 0 Å². The Morgan fingerprint density at radius 1 is 1.24 bits per heavy atom. The van der Waals surface area contributed by atoms with Crippen molar-refractivity contribution in [3.05, 3.63) is 52.3 Å². The number of hydrazone groups is 1. The number of furan rings is 1. The lowest BCUT2D eigenvalue weighted by Crippen LogP contribution is -1.98. The van der Waals surface area contributed by atoms with Crippen LogP contribution in [-0.4, -0.2) is 24.1 Å². The third-order valence-electron chi connectivity index (χ3n) is 2.33. The Morgan fingerprint density at radius 3 is 2.43 bits per heavy atom. The monoisotopic (exact) mass is 311 g/mol. The average molecular weight is 311 g/mol. The van der Waals surface area contributed by atoms with Gasteiger partial charge in [-0.25, -0.2) is 0 Å². The molecule has 0 saturated carbocycles. The molecule has 1 heterocycles. The summed E-state index contributed by atoms with van der Waals surface area (Å²) in [6, 6.07) is 7.76. The van der Waals surface area contributed by atoms with Crippen LogP contribution in [0, 0.1) is 10.1 Å². The van der Waals surface area contributed by atoms with Crippen LogP contribution in [0.3, 0.4) is 0 Å².